The second-order valence-electron chi connectivity index (χ2n) is 6.21. The number of anilines is 2. The van der Waals surface area contributed by atoms with Crippen molar-refractivity contribution in [3.8, 4) is 0 Å². The molecule has 0 aliphatic rings. The Kier molecular flexibility index (Phi) is 5.90. The van der Waals surface area contributed by atoms with E-state index in [1.165, 1.54) is 7.11 Å². The Bertz CT molecular complexity index is 1010. The van der Waals surface area contributed by atoms with Gasteiger partial charge in [-0.3, -0.25) is 10.1 Å². The van der Waals surface area contributed by atoms with Crippen LogP contribution < -0.4 is 11.1 Å². The highest BCUT2D eigenvalue weighted by Crippen LogP contribution is 2.23. The number of aromatic nitrogens is 2. The van der Waals surface area contributed by atoms with Gasteiger partial charge in [-0.15, -0.1) is 0 Å². The fourth-order valence-electron chi connectivity index (χ4n) is 2.92. The molecule has 2 aromatic carbocycles. The Hall–Kier alpha value is -3.39. The van der Waals surface area contributed by atoms with E-state index in [0.717, 1.165) is 11.9 Å². The quantitative estimate of drug-likeness (QED) is 0.369. The summed E-state index contributed by atoms with van der Waals surface area (Å²) >= 11 is 0. The Morgan fingerprint density at radius 1 is 1.14 bits per heavy atom. The number of benzene rings is 2. The fraction of sp³-hybridized carbons (Fsp3) is 0.250. The van der Waals surface area contributed by atoms with E-state index in [1.54, 1.807) is 49.6 Å². The van der Waals surface area contributed by atoms with E-state index < -0.39 is 5.97 Å². The molecule has 0 bridgehead atoms. The molecule has 0 atom stereocenters. The number of nitrogen functional groups attached to an aromatic ring is 1. The van der Waals surface area contributed by atoms with Crippen LogP contribution in [0.1, 0.15) is 27.1 Å². The molecule has 1 aromatic heterocycles. The van der Waals surface area contributed by atoms with Crippen LogP contribution in [0.2, 0.25) is 0 Å². The molecule has 0 unspecified atom stereocenters. The van der Waals surface area contributed by atoms with Crippen LogP contribution in [0.5, 0.6) is 0 Å². The molecule has 0 radical (unpaired) electrons. The maximum atomic E-state index is 12.6. The van der Waals surface area contributed by atoms with Gasteiger partial charge in [-0.25, -0.2) is 9.78 Å². The van der Waals surface area contributed by atoms with E-state index in [1.807, 2.05) is 4.57 Å². The minimum absolute atomic E-state index is 0.316. The van der Waals surface area contributed by atoms with E-state index in [9.17, 15) is 9.59 Å². The summed E-state index contributed by atoms with van der Waals surface area (Å²) in [7, 11) is 2.96. The molecule has 0 fully saturated rings. The number of rotatable bonds is 7. The van der Waals surface area contributed by atoms with Crippen LogP contribution in [0.15, 0.2) is 42.5 Å². The van der Waals surface area contributed by atoms with Crippen molar-refractivity contribution in [2.75, 3.05) is 31.9 Å². The third kappa shape index (κ3) is 4.12. The molecule has 0 aliphatic carbocycles. The number of nitrogens with zero attached hydrogens (tertiary/aromatic N) is 2. The summed E-state index contributed by atoms with van der Waals surface area (Å²) in [6.45, 7) is 1.16. The van der Waals surface area contributed by atoms with E-state index >= 15 is 0 Å². The molecule has 0 saturated heterocycles. The van der Waals surface area contributed by atoms with Gasteiger partial charge in [-0.1, -0.05) is 6.07 Å². The number of hydrogen-bond donors (Lipinski definition) is 2. The first-order valence-electron chi connectivity index (χ1n) is 8.78. The number of methoxy groups -OCH3 is 2. The number of carbonyl (C=O) groups excluding carboxylic acids is 2. The largest absolute Gasteiger partial charge is 0.465 e. The zero-order chi connectivity index (χ0) is 20.1. The summed E-state index contributed by atoms with van der Waals surface area (Å²) in [5.74, 6) is -0.370. The molecule has 0 aliphatic heterocycles. The van der Waals surface area contributed by atoms with E-state index in [0.29, 0.717) is 41.4 Å². The normalized spacial score (nSPS) is 10.8. The number of hydrogen-bond acceptors (Lipinski definition) is 6. The summed E-state index contributed by atoms with van der Waals surface area (Å²) in [5.41, 5.74) is 8.48. The van der Waals surface area contributed by atoms with Gasteiger partial charge in [0.1, 0.15) is 0 Å². The van der Waals surface area contributed by atoms with Crippen molar-refractivity contribution in [2.24, 2.45) is 0 Å². The van der Waals surface area contributed by atoms with E-state index in [-0.39, 0.29) is 5.91 Å². The molecule has 1 heterocycles. The number of amides is 1. The van der Waals surface area contributed by atoms with Crippen LogP contribution in [0.4, 0.5) is 11.6 Å². The molecule has 3 rings (SSSR count). The molecule has 28 heavy (non-hydrogen) atoms. The summed E-state index contributed by atoms with van der Waals surface area (Å²) in [6.07, 6.45) is 0.738. The number of esters is 1. The van der Waals surface area contributed by atoms with Crippen molar-refractivity contribution in [1.29, 1.82) is 0 Å². The lowest BCUT2D eigenvalue weighted by Gasteiger charge is -2.10. The van der Waals surface area contributed by atoms with Crippen molar-refractivity contribution in [2.45, 2.75) is 13.0 Å². The lowest BCUT2D eigenvalue weighted by molar-refractivity contribution is 0.0600. The standard InChI is InChI=1S/C20H22N4O4/c1-27-10-4-9-24-17-8-7-14(19(26)28-2)12-16(17)22-20(24)23-18(25)13-5-3-6-15(21)11-13/h3,5-8,11-12H,4,9-10,21H2,1-2H3,(H,22,23,25). The lowest BCUT2D eigenvalue weighted by Crippen LogP contribution is -2.16. The van der Waals surface area contributed by atoms with Crippen LogP contribution in [0.3, 0.4) is 0 Å². The number of ether oxygens (including phenoxy) is 2. The van der Waals surface area contributed by atoms with Crippen molar-refractivity contribution in [1.82, 2.24) is 9.55 Å². The second-order valence-corrected chi connectivity index (χ2v) is 6.21. The lowest BCUT2D eigenvalue weighted by atomic mass is 10.2. The minimum atomic E-state index is -0.443. The smallest absolute Gasteiger partial charge is 0.337 e. The first-order chi connectivity index (χ1) is 13.5. The first-order valence-corrected chi connectivity index (χ1v) is 8.78. The molecule has 0 spiro atoms. The number of carbonyl (C=O) groups is 2. The van der Waals surface area contributed by atoms with E-state index in [4.69, 9.17) is 15.2 Å². The molecule has 3 aromatic rings. The highest BCUT2D eigenvalue weighted by atomic mass is 16.5. The molecule has 146 valence electrons. The van der Waals surface area contributed by atoms with Crippen LogP contribution in [0, 0.1) is 0 Å². The van der Waals surface area contributed by atoms with Crippen molar-refractivity contribution < 1.29 is 19.1 Å². The average Bonchev–Trinajstić information content (AvgIpc) is 3.03. The van der Waals surface area contributed by atoms with Gasteiger partial charge < -0.3 is 19.8 Å². The summed E-state index contributed by atoms with van der Waals surface area (Å²) in [6, 6.07) is 11.8. The number of aryl methyl sites for hydroxylation is 1. The van der Waals surface area contributed by atoms with Gasteiger partial charge in [0.2, 0.25) is 5.95 Å². The van der Waals surface area contributed by atoms with Crippen molar-refractivity contribution in [3.63, 3.8) is 0 Å². The Morgan fingerprint density at radius 2 is 1.96 bits per heavy atom. The number of nitrogens with one attached hydrogen (secondary N) is 1. The average molecular weight is 382 g/mol. The molecular formula is C20H22N4O4. The molecule has 1 amide bonds. The Labute approximate surface area is 162 Å². The fourth-order valence-corrected chi connectivity index (χ4v) is 2.92. The highest BCUT2D eigenvalue weighted by molar-refractivity contribution is 6.04. The van der Waals surface area contributed by atoms with Crippen LogP contribution in [-0.2, 0) is 16.0 Å². The molecule has 0 saturated carbocycles. The van der Waals surface area contributed by atoms with Crippen molar-refractivity contribution in [3.05, 3.63) is 53.6 Å². The van der Waals surface area contributed by atoms with Crippen molar-refractivity contribution >= 4 is 34.5 Å². The zero-order valence-corrected chi connectivity index (χ0v) is 15.8. The first kappa shape index (κ1) is 19.4. The van der Waals surface area contributed by atoms with Crippen LogP contribution in [0.25, 0.3) is 11.0 Å². The van der Waals surface area contributed by atoms with Gasteiger partial charge in [0.05, 0.1) is 23.7 Å². The zero-order valence-electron chi connectivity index (χ0n) is 15.8. The van der Waals surface area contributed by atoms with E-state index in [2.05, 4.69) is 10.3 Å². The maximum Gasteiger partial charge on any atom is 0.337 e. The minimum Gasteiger partial charge on any atom is -0.465 e. The van der Waals surface area contributed by atoms with Gasteiger partial charge >= 0.3 is 5.97 Å². The molecule has 8 heteroatoms. The monoisotopic (exact) mass is 382 g/mol. The predicted octanol–water partition coefficient (Wildman–Crippen LogP) is 2.69. The van der Waals surface area contributed by atoms with Gasteiger partial charge in [0, 0.05) is 31.5 Å². The van der Waals surface area contributed by atoms with Gasteiger partial charge in [0.25, 0.3) is 5.91 Å². The number of fused-ring (bicyclic) bond motifs is 1. The highest BCUT2D eigenvalue weighted by Gasteiger charge is 2.16. The number of imidazole rings is 1. The third-order valence-electron chi connectivity index (χ3n) is 4.27. The Morgan fingerprint density at radius 3 is 2.68 bits per heavy atom. The third-order valence-corrected chi connectivity index (χ3v) is 4.27. The Balaban J connectivity index is 1.97. The SMILES string of the molecule is COCCCn1c(NC(=O)c2cccc(N)c2)nc2cc(C(=O)OC)ccc21. The van der Waals surface area contributed by atoms with Gasteiger partial charge in [0.15, 0.2) is 0 Å². The second kappa shape index (κ2) is 8.53. The summed E-state index contributed by atoms with van der Waals surface area (Å²) in [5, 5.41) is 2.83. The summed E-state index contributed by atoms with van der Waals surface area (Å²) in [4.78, 5) is 28.9. The maximum absolute atomic E-state index is 12.6. The van der Waals surface area contributed by atoms with Crippen LogP contribution in [-0.4, -0.2) is 42.3 Å². The number of nitrogens with two attached hydrogens (primary N) is 1. The topological polar surface area (TPSA) is 108 Å². The van der Waals surface area contributed by atoms with Gasteiger partial charge in [-0.2, -0.15) is 0 Å². The molecule has 8 nitrogen and oxygen atoms in total. The molecular weight excluding hydrogens is 360 g/mol. The van der Waals surface area contributed by atoms with Crippen LogP contribution >= 0.6 is 0 Å². The predicted molar refractivity (Wildman–Crippen MR) is 106 cm³/mol. The summed E-state index contributed by atoms with van der Waals surface area (Å²) < 4.78 is 11.8. The molecule has 3 N–H and O–H groups in total. The van der Waals surface area contributed by atoms with Gasteiger partial charge in [-0.05, 0) is 42.8 Å².